The van der Waals surface area contributed by atoms with Crippen LogP contribution in [0.25, 0.3) is 0 Å². The van der Waals surface area contributed by atoms with E-state index in [1.165, 1.54) is 58.4 Å². The lowest BCUT2D eigenvalue weighted by molar-refractivity contribution is -0.0668. The highest BCUT2D eigenvalue weighted by molar-refractivity contribution is 4.88. The predicted molar refractivity (Wildman–Crippen MR) is 79.9 cm³/mol. The number of fused-ring (bicyclic) bond motifs is 2. The van der Waals surface area contributed by atoms with Crippen molar-refractivity contribution in [3.63, 3.8) is 0 Å². The first kappa shape index (κ1) is 13.8. The van der Waals surface area contributed by atoms with E-state index in [4.69, 9.17) is 0 Å². The summed E-state index contributed by atoms with van der Waals surface area (Å²) in [5.41, 5.74) is 0. The van der Waals surface area contributed by atoms with Crippen molar-refractivity contribution in [2.24, 2.45) is 11.8 Å². The Hall–Kier alpha value is -0.120. The van der Waals surface area contributed by atoms with Gasteiger partial charge in [0.2, 0.25) is 0 Å². The maximum Gasteiger partial charge on any atom is 0.0261 e. The molecule has 3 aliphatic heterocycles. The molecule has 0 saturated carbocycles. The van der Waals surface area contributed by atoms with Crippen molar-refractivity contribution in [2.45, 2.75) is 58.5 Å². The Morgan fingerprint density at radius 2 is 1.79 bits per heavy atom. The van der Waals surface area contributed by atoms with Gasteiger partial charge in [-0.3, -0.25) is 0 Å². The molecule has 3 atom stereocenters. The van der Waals surface area contributed by atoms with Gasteiger partial charge in [-0.2, -0.15) is 0 Å². The predicted octanol–water partition coefficient (Wildman–Crippen LogP) is 2.44. The van der Waals surface area contributed by atoms with Gasteiger partial charge in [-0.25, -0.2) is 10.0 Å². The molecule has 3 nitrogen and oxygen atoms in total. The summed E-state index contributed by atoms with van der Waals surface area (Å²) < 4.78 is 0. The second-order valence-electron chi connectivity index (χ2n) is 7.39. The fourth-order valence-electron chi connectivity index (χ4n) is 4.32. The Bertz CT molecular complexity index is 282. The normalized spacial score (nSPS) is 38.2. The molecule has 0 aromatic rings. The van der Waals surface area contributed by atoms with Crippen molar-refractivity contribution in [1.82, 2.24) is 14.9 Å². The zero-order chi connectivity index (χ0) is 13.4. The highest BCUT2D eigenvalue weighted by Crippen LogP contribution is 2.33. The monoisotopic (exact) mass is 265 g/mol. The molecule has 19 heavy (non-hydrogen) atoms. The Morgan fingerprint density at radius 3 is 2.42 bits per heavy atom. The summed E-state index contributed by atoms with van der Waals surface area (Å²) in [6.45, 7) is 13.7. The molecular weight excluding hydrogens is 234 g/mol. The molecule has 0 amide bonds. The van der Waals surface area contributed by atoms with Crippen molar-refractivity contribution < 1.29 is 0 Å². The summed E-state index contributed by atoms with van der Waals surface area (Å²) >= 11 is 0. The average molecular weight is 265 g/mol. The van der Waals surface area contributed by atoms with E-state index in [9.17, 15) is 0 Å². The van der Waals surface area contributed by atoms with E-state index < -0.39 is 0 Å². The van der Waals surface area contributed by atoms with Crippen LogP contribution < -0.4 is 0 Å². The van der Waals surface area contributed by atoms with Crippen molar-refractivity contribution in [2.75, 3.05) is 32.7 Å². The minimum atomic E-state index is 0.733. The largest absolute Gasteiger partial charge is 0.301 e. The summed E-state index contributed by atoms with van der Waals surface area (Å²) in [6, 6.07) is 1.60. The van der Waals surface area contributed by atoms with Gasteiger partial charge in [-0.15, -0.1) is 0 Å². The minimum absolute atomic E-state index is 0.733. The van der Waals surface area contributed by atoms with Gasteiger partial charge in [0.1, 0.15) is 0 Å². The number of hydrazine groups is 1. The van der Waals surface area contributed by atoms with Crippen molar-refractivity contribution in [3.8, 4) is 0 Å². The van der Waals surface area contributed by atoms with Gasteiger partial charge in [-0.05, 0) is 64.5 Å². The zero-order valence-corrected chi connectivity index (χ0v) is 13.0. The van der Waals surface area contributed by atoms with Crippen molar-refractivity contribution >= 4 is 0 Å². The zero-order valence-electron chi connectivity index (χ0n) is 13.0. The number of rotatable bonds is 3. The van der Waals surface area contributed by atoms with Gasteiger partial charge in [0.25, 0.3) is 0 Å². The van der Waals surface area contributed by atoms with E-state index >= 15 is 0 Å². The van der Waals surface area contributed by atoms with E-state index in [0.717, 1.165) is 23.9 Å². The molecule has 0 radical (unpaired) electrons. The van der Waals surface area contributed by atoms with E-state index in [0.29, 0.717) is 0 Å². The van der Waals surface area contributed by atoms with Gasteiger partial charge in [0.05, 0.1) is 0 Å². The van der Waals surface area contributed by atoms with Gasteiger partial charge in [0, 0.05) is 31.7 Å². The Balaban J connectivity index is 1.50. The third-order valence-electron chi connectivity index (χ3n) is 5.53. The minimum Gasteiger partial charge on any atom is -0.301 e. The van der Waals surface area contributed by atoms with Gasteiger partial charge < -0.3 is 4.90 Å². The highest BCUT2D eigenvalue weighted by atomic mass is 15.7. The summed E-state index contributed by atoms with van der Waals surface area (Å²) in [5.74, 6) is 1.85. The molecule has 2 bridgehead atoms. The van der Waals surface area contributed by atoms with Crippen LogP contribution in [0.1, 0.15) is 46.5 Å². The molecule has 110 valence electrons. The van der Waals surface area contributed by atoms with Crippen LogP contribution in [0.5, 0.6) is 0 Å². The first-order chi connectivity index (χ1) is 9.13. The summed E-state index contributed by atoms with van der Waals surface area (Å²) in [5, 5.41) is 5.41. The van der Waals surface area contributed by atoms with E-state index in [1.54, 1.807) is 0 Å². The van der Waals surface area contributed by atoms with Crippen LogP contribution in [-0.4, -0.2) is 59.7 Å². The van der Waals surface area contributed by atoms with Crippen LogP contribution in [0.4, 0.5) is 0 Å². The smallest absolute Gasteiger partial charge is 0.0261 e. The third-order valence-corrected chi connectivity index (χ3v) is 5.53. The summed E-state index contributed by atoms with van der Waals surface area (Å²) in [7, 11) is 0. The molecule has 0 aliphatic carbocycles. The maximum atomic E-state index is 2.75. The summed E-state index contributed by atoms with van der Waals surface area (Å²) in [4.78, 5) is 2.64. The lowest BCUT2D eigenvalue weighted by Crippen LogP contribution is -2.51. The quantitative estimate of drug-likeness (QED) is 0.776. The first-order valence-electron chi connectivity index (χ1n) is 8.39. The van der Waals surface area contributed by atoms with Crippen LogP contribution in [0.3, 0.4) is 0 Å². The topological polar surface area (TPSA) is 9.72 Å². The molecule has 3 unspecified atom stereocenters. The van der Waals surface area contributed by atoms with Crippen LogP contribution >= 0.6 is 0 Å². The van der Waals surface area contributed by atoms with Gasteiger partial charge in [-0.1, -0.05) is 6.92 Å². The molecule has 3 saturated heterocycles. The number of hydrogen-bond donors (Lipinski definition) is 0. The van der Waals surface area contributed by atoms with Gasteiger partial charge >= 0.3 is 0 Å². The number of hydrogen-bond acceptors (Lipinski definition) is 3. The second kappa shape index (κ2) is 5.71. The molecule has 3 rings (SSSR count). The second-order valence-corrected chi connectivity index (χ2v) is 7.39. The fraction of sp³-hybridized carbons (Fsp3) is 1.00. The van der Waals surface area contributed by atoms with Crippen LogP contribution in [0.15, 0.2) is 0 Å². The molecular formula is C16H31N3. The lowest BCUT2D eigenvalue weighted by Gasteiger charge is -2.43. The third kappa shape index (κ3) is 2.98. The molecule has 0 aromatic heterocycles. The molecule has 0 spiro atoms. The van der Waals surface area contributed by atoms with Gasteiger partial charge in [0.15, 0.2) is 0 Å². The number of piperidine rings is 1. The summed E-state index contributed by atoms with van der Waals surface area (Å²) in [6.07, 6.45) is 5.66. The molecule has 0 N–H and O–H groups in total. The van der Waals surface area contributed by atoms with E-state index in [-0.39, 0.29) is 0 Å². The van der Waals surface area contributed by atoms with E-state index in [2.05, 4.69) is 35.7 Å². The number of likely N-dealkylation sites (tertiary alicyclic amines) is 1. The lowest BCUT2D eigenvalue weighted by atomic mass is 9.93. The van der Waals surface area contributed by atoms with Crippen molar-refractivity contribution in [1.29, 1.82) is 0 Å². The Kier molecular flexibility index (Phi) is 4.16. The Morgan fingerprint density at radius 1 is 1.05 bits per heavy atom. The fourth-order valence-corrected chi connectivity index (χ4v) is 4.32. The van der Waals surface area contributed by atoms with Crippen molar-refractivity contribution in [3.05, 3.63) is 0 Å². The van der Waals surface area contributed by atoms with E-state index in [1.807, 2.05) is 0 Å². The molecule has 3 heterocycles. The van der Waals surface area contributed by atoms with Crippen LogP contribution in [0, 0.1) is 11.8 Å². The van der Waals surface area contributed by atoms with Crippen LogP contribution in [-0.2, 0) is 0 Å². The highest BCUT2D eigenvalue weighted by Gasteiger charge is 2.38. The maximum absolute atomic E-state index is 2.75. The Labute approximate surface area is 118 Å². The molecule has 3 fully saturated rings. The standard InChI is InChI=1S/C16H31N3/c1-13(2)17-7-4-15(5-8-17)12-19-16-6-9-18(19)11-14(3)10-16/h13-16H,4-12H2,1-3H3. The first-order valence-corrected chi connectivity index (χ1v) is 8.39. The van der Waals surface area contributed by atoms with Crippen LogP contribution in [0.2, 0.25) is 0 Å². The SMILES string of the molecule is CC1CC2CCN(C1)N2CC1CCN(C(C)C)CC1. The average Bonchev–Trinajstić information content (AvgIpc) is 2.62. The number of nitrogens with zero attached hydrogens (tertiary/aromatic N) is 3. The molecule has 0 aromatic carbocycles. The molecule has 3 aliphatic rings. The molecule has 3 heteroatoms.